The standard InChI is InChI=1S/C18H24N4/c1-16-19-9-13-21(16)11-5-10-20(2)14-15-22-12-8-17-6-3-4-7-18(17)22/h3-4,6-9,12-13H,5,10-11,14-15H2,1-2H3. The van der Waals surface area contributed by atoms with Gasteiger partial charge in [0.25, 0.3) is 0 Å². The van der Waals surface area contributed by atoms with Gasteiger partial charge in [-0.2, -0.15) is 0 Å². The summed E-state index contributed by atoms with van der Waals surface area (Å²) < 4.78 is 4.55. The fourth-order valence-electron chi connectivity index (χ4n) is 2.88. The largest absolute Gasteiger partial charge is 0.346 e. The summed E-state index contributed by atoms with van der Waals surface area (Å²) in [5, 5.41) is 1.32. The number of fused-ring (bicyclic) bond motifs is 1. The lowest BCUT2D eigenvalue weighted by atomic mass is 10.2. The summed E-state index contributed by atoms with van der Waals surface area (Å²) in [5.41, 5.74) is 1.32. The zero-order valence-corrected chi connectivity index (χ0v) is 13.4. The molecule has 0 aliphatic rings. The summed E-state index contributed by atoms with van der Waals surface area (Å²) >= 11 is 0. The van der Waals surface area contributed by atoms with E-state index in [9.17, 15) is 0 Å². The summed E-state index contributed by atoms with van der Waals surface area (Å²) in [4.78, 5) is 6.66. The SMILES string of the molecule is Cc1nccn1CCCN(C)CCn1ccc2ccccc21. The molecular weight excluding hydrogens is 272 g/mol. The molecule has 0 saturated carbocycles. The van der Waals surface area contributed by atoms with Crippen molar-refractivity contribution in [3.05, 3.63) is 54.7 Å². The van der Waals surface area contributed by atoms with Crippen LogP contribution in [0.3, 0.4) is 0 Å². The molecule has 0 aliphatic heterocycles. The Kier molecular flexibility index (Phi) is 4.59. The van der Waals surface area contributed by atoms with E-state index < -0.39 is 0 Å². The number of rotatable bonds is 7. The van der Waals surface area contributed by atoms with Crippen LogP contribution in [0, 0.1) is 6.92 Å². The van der Waals surface area contributed by atoms with Crippen molar-refractivity contribution in [3.8, 4) is 0 Å². The topological polar surface area (TPSA) is 26.0 Å². The first kappa shape index (κ1) is 14.9. The first-order chi connectivity index (χ1) is 10.7. The summed E-state index contributed by atoms with van der Waals surface area (Å²) in [7, 11) is 2.20. The highest BCUT2D eigenvalue weighted by atomic mass is 15.1. The molecule has 0 spiro atoms. The molecular formula is C18H24N4. The fraction of sp³-hybridized carbons (Fsp3) is 0.389. The quantitative estimate of drug-likeness (QED) is 0.669. The molecule has 0 amide bonds. The van der Waals surface area contributed by atoms with Crippen LogP contribution < -0.4 is 0 Å². The summed E-state index contributed by atoms with van der Waals surface area (Å²) in [6, 6.07) is 10.8. The van der Waals surface area contributed by atoms with Crippen LogP contribution in [0.25, 0.3) is 10.9 Å². The molecule has 0 atom stereocenters. The molecule has 2 aromatic heterocycles. The molecule has 0 fully saturated rings. The van der Waals surface area contributed by atoms with Crippen LogP contribution in [0.5, 0.6) is 0 Å². The van der Waals surface area contributed by atoms with E-state index in [4.69, 9.17) is 0 Å². The van der Waals surface area contributed by atoms with Crippen molar-refractivity contribution in [1.82, 2.24) is 19.0 Å². The molecule has 4 heteroatoms. The number of aryl methyl sites for hydroxylation is 2. The van der Waals surface area contributed by atoms with Crippen molar-refractivity contribution in [2.45, 2.75) is 26.4 Å². The number of likely N-dealkylation sites (N-methyl/N-ethyl adjacent to an activating group) is 1. The van der Waals surface area contributed by atoms with Crippen molar-refractivity contribution in [3.63, 3.8) is 0 Å². The molecule has 116 valence electrons. The van der Waals surface area contributed by atoms with Crippen LogP contribution in [-0.4, -0.2) is 39.2 Å². The van der Waals surface area contributed by atoms with Crippen LogP contribution in [0.15, 0.2) is 48.9 Å². The van der Waals surface area contributed by atoms with Crippen molar-refractivity contribution in [2.75, 3.05) is 20.1 Å². The zero-order valence-electron chi connectivity index (χ0n) is 13.4. The Balaban J connectivity index is 1.46. The molecule has 0 aliphatic carbocycles. The number of imidazole rings is 1. The van der Waals surface area contributed by atoms with Crippen LogP contribution in [-0.2, 0) is 13.1 Å². The van der Waals surface area contributed by atoms with Gasteiger partial charge in [-0.15, -0.1) is 0 Å². The van der Waals surface area contributed by atoms with Gasteiger partial charge in [-0.25, -0.2) is 4.98 Å². The van der Waals surface area contributed by atoms with Crippen LogP contribution in [0.1, 0.15) is 12.2 Å². The lowest BCUT2D eigenvalue weighted by molar-refractivity contribution is 0.309. The number of hydrogen-bond acceptors (Lipinski definition) is 2. The van der Waals surface area contributed by atoms with Crippen LogP contribution >= 0.6 is 0 Å². The van der Waals surface area contributed by atoms with Gasteiger partial charge in [-0.05, 0) is 44.5 Å². The Bertz CT molecular complexity index is 725. The van der Waals surface area contributed by atoms with E-state index in [-0.39, 0.29) is 0 Å². The molecule has 0 radical (unpaired) electrons. The van der Waals surface area contributed by atoms with Gasteiger partial charge in [0.2, 0.25) is 0 Å². The molecule has 0 bridgehead atoms. The van der Waals surface area contributed by atoms with Crippen LogP contribution in [0.4, 0.5) is 0 Å². The van der Waals surface area contributed by atoms with E-state index in [1.165, 1.54) is 10.9 Å². The van der Waals surface area contributed by atoms with Crippen molar-refractivity contribution in [2.24, 2.45) is 0 Å². The molecule has 22 heavy (non-hydrogen) atoms. The third kappa shape index (κ3) is 3.39. The van der Waals surface area contributed by atoms with Crippen LogP contribution in [0.2, 0.25) is 0 Å². The maximum absolute atomic E-state index is 4.26. The van der Waals surface area contributed by atoms with E-state index >= 15 is 0 Å². The number of nitrogens with zero attached hydrogens (tertiary/aromatic N) is 4. The predicted octanol–water partition coefficient (Wildman–Crippen LogP) is 3.17. The van der Waals surface area contributed by atoms with E-state index in [1.807, 2.05) is 6.20 Å². The van der Waals surface area contributed by atoms with Gasteiger partial charge in [-0.1, -0.05) is 18.2 Å². The van der Waals surface area contributed by atoms with Gasteiger partial charge in [0.05, 0.1) is 0 Å². The Hall–Kier alpha value is -2.07. The van der Waals surface area contributed by atoms with Gasteiger partial charge >= 0.3 is 0 Å². The Morgan fingerprint density at radius 2 is 1.86 bits per heavy atom. The molecule has 3 rings (SSSR count). The zero-order chi connectivity index (χ0) is 15.4. The van der Waals surface area contributed by atoms with Gasteiger partial charge in [-0.3, -0.25) is 0 Å². The monoisotopic (exact) mass is 296 g/mol. The summed E-state index contributed by atoms with van der Waals surface area (Å²) in [5.74, 6) is 1.10. The van der Waals surface area contributed by atoms with Gasteiger partial charge in [0, 0.05) is 43.7 Å². The minimum atomic E-state index is 1.04. The third-order valence-corrected chi connectivity index (χ3v) is 4.27. The maximum Gasteiger partial charge on any atom is 0.105 e. The molecule has 2 heterocycles. The highest BCUT2D eigenvalue weighted by Gasteiger charge is 2.03. The van der Waals surface area contributed by atoms with Gasteiger partial charge in [0.15, 0.2) is 0 Å². The fourth-order valence-corrected chi connectivity index (χ4v) is 2.88. The van der Waals surface area contributed by atoms with Gasteiger partial charge in [0.1, 0.15) is 5.82 Å². The van der Waals surface area contributed by atoms with E-state index in [2.05, 4.69) is 75.7 Å². The second-order valence-corrected chi connectivity index (χ2v) is 5.89. The minimum absolute atomic E-state index is 1.04. The summed E-state index contributed by atoms with van der Waals surface area (Å²) in [6.45, 7) is 6.32. The molecule has 0 saturated heterocycles. The average molecular weight is 296 g/mol. The van der Waals surface area contributed by atoms with Crippen molar-refractivity contribution < 1.29 is 0 Å². The second kappa shape index (κ2) is 6.79. The second-order valence-electron chi connectivity index (χ2n) is 5.89. The van der Waals surface area contributed by atoms with Crippen molar-refractivity contribution in [1.29, 1.82) is 0 Å². The Morgan fingerprint density at radius 1 is 1.00 bits per heavy atom. The summed E-state index contributed by atoms with van der Waals surface area (Å²) in [6.07, 6.45) is 7.27. The Morgan fingerprint density at radius 3 is 2.68 bits per heavy atom. The highest BCUT2D eigenvalue weighted by molar-refractivity contribution is 5.79. The Labute approximate surface area is 132 Å². The minimum Gasteiger partial charge on any atom is -0.346 e. The number of aromatic nitrogens is 3. The lowest BCUT2D eigenvalue weighted by Crippen LogP contribution is -2.25. The maximum atomic E-state index is 4.26. The lowest BCUT2D eigenvalue weighted by Gasteiger charge is -2.17. The average Bonchev–Trinajstić information content (AvgIpc) is 3.12. The predicted molar refractivity (Wildman–Crippen MR) is 91.0 cm³/mol. The number of para-hydroxylation sites is 1. The first-order valence-corrected chi connectivity index (χ1v) is 7.94. The molecule has 0 unspecified atom stereocenters. The van der Waals surface area contributed by atoms with Gasteiger partial charge < -0.3 is 14.0 Å². The van der Waals surface area contributed by atoms with E-state index in [1.54, 1.807) is 0 Å². The highest BCUT2D eigenvalue weighted by Crippen LogP contribution is 2.14. The number of hydrogen-bond donors (Lipinski definition) is 0. The van der Waals surface area contributed by atoms with E-state index in [0.717, 1.165) is 38.4 Å². The van der Waals surface area contributed by atoms with E-state index in [0.29, 0.717) is 0 Å². The molecule has 0 N–H and O–H groups in total. The smallest absolute Gasteiger partial charge is 0.105 e. The molecule has 3 aromatic rings. The number of benzene rings is 1. The first-order valence-electron chi connectivity index (χ1n) is 7.94. The van der Waals surface area contributed by atoms with Crippen molar-refractivity contribution >= 4 is 10.9 Å². The third-order valence-electron chi connectivity index (χ3n) is 4.27. The normalized spacial score (nSPS) is 11.6. The molecule has 4 nitrogen and oxygen atoms in total. The molecule has 1 aromatic carbocycles.